The van der Waals surface area contributed by atoms with Gasteiger partial charge >= 0.3 is 11.9 Å². The van der Waals surface area contributed by atoms with E-state index in [-0.39, 0.29) is 33.5 Å². The normalized spacial score (nSPS) is 54.7. The number of carboxylic acids is 2. The van der Waals surface area contributed by atoms with Crippen LogP contribution in [-0.2, 0) is 38.0 Å². The zero-order valence-electron chi connectivity index (χ0n) is 39.6. The maximum Gasteiger partial charge on any atom is 0.335 e. The number of ether oxygens (including phenoxy) is 6. The quantitative estimate of drug-likeness (QED) is 0.117. The molecule has 18 nitrogen and oxygen atoms in total. The topological polar surface area (TPSA) is 292 Å². The predicted molar refractivity (Wildman–Crippen MR) is 230 cm³/mol. The van der Waals surface area contributed by atoms with Gasteiger partial charge in [0.05, 0.1) is 24.2 Å². The average Bonchev–Trinajstić information content (AvgIpc) is 3.25. The van der Waals surface area contributed by atoms with Crippen LogP contribution in [-0.4, -0.2) is 168 Å². The van der Waals surface area contributed by atoms with Gasteiger partial charge < -0.3 is 79.5 Å². The van der Waals surface area contributed by atoms with Crippen molar-refractivity contribution in [1.29, 1.82) is 0 Å². The minimum atomic E-state index is -2.03. The number of carbonyl (C=O) groups is 2. The van der Waals surface area contributed by atoms with Crippen LogP contribution in [0, 0.1) is 50.2 Å². The van der Waals surface area contributed by atoms with Gasteiger partial charge in [-0.1, -0.05) is 53.2 Å². The monoisotopic (exact) mass is 941 g/mol. The van der Waals surface area contributed by atoms with E-state index in [4.69, 9.17) is 28.4 Å². The number of aliphatic hydroxyl groups is 8. The maximum atomic E-state index is 12.6. The highest BCUT2D eigenvalue weighted by atomic mass is 16.8. The summed E-state index contributed by atoms with van der Waals surface area (Å²) in [6, 6.07) is 0. The first-order chi connectivity index (χ1) is 30.7. The zero-order chi connectivity index (χ0) is 48.4. The van der Waals surface area contributed by atoms with Crippen molar-refractivity contribution in [3.63, 3.8) is 0 Å². The second-order valence-electron chi connectivity index (χ2n) is 23.4. The second-order valence-corrected chi connectivity index (χ2v) is 23.4. The van der Waals surface area contributed by atoms with E-state index in [1.807, 2.05) is 6.92 Å². The molecule has 5 aliphatic carbocycles. The molecule has 7 fully saturated rings. The van der Waals surface area contributed by atoms with Gasteiger partial charge in [-0.25, -0.2) is 4.79 Å². The third kappa shape index (κ3) is 7.74. The third-order valence-electron chi connectivity index (χ3n) is 19.6. The average molecular weight is 941 g/mol. The van der Waals surface area contributed by atoms with Gasteiger partial charge in [0.15, 0.2) is 25.0 Å². The molecular formula is C48H76O18. The minimum Gasteiger partial charge on any atom is -0.481 e. The predicted octanol–water partition coefficient (Wildman–Crippen LogP) is 1.83. The van der Waals surface area contributed by atoms with Crippen LogP contribution in [0.15, 0.2) is 11.6 Å². The summed E-state index contributed by atoms with van der Waals surface area (Å²) in [5.41, 5.74) is -0.149. The van der Waals surface area contributed by atoms with E-state index < -0.39 is 128 Å². The molecule has 18 heteroatoms. The Labute approximate surface area is 386 Å². The maximum absolute atomic E-state index is 12.6. The van der Waals surface area contributed by atoms with E-state index in [0.29, 0.717) is 25.2 Å². The van der Waals surface area contributed by atoms with Gasteiger partial charge in [0, 0.05) is 0 Å². The Balaban J connectivity index is 1.06. The van der Waals surface area contributed by atoms with Crippen LogP contribution in [0.4, 0.5) is 0 Å². The number of allylic oxidation sites excluding steroid dienone is 2. The molecule has 0 aromatic rings. The van der Waals surface area contributed by atoms with Crippen molar-refractivity contribution in [2.45, 2.75) is 218 Å². The highest BCUT2D eigenvalue weighted by molar-refractivity contribution is 5.74. The lowest BCUT2D eigenvalue weighted by Crippen LogP contribution is -2.68. The van der Waals surface area contributed by atoms with E-state index in [0.717, 1.165) is 44.9 Å². The molecule has 0 amide bonds. The summed E-state index contributed by atoms with van der Waals surface area (Å²) in [5, 5.41) is 107. The highest BCUT2D eigenvalue weighted by Gasteiger charge is 2.69. The molecular weight excluding hydrogens is 865 g/mol. The van der Waals surface area contributed by atoms with Crippen molar-refractivity contribution in [1.82, 2.24) is 0 Å². The van der Waals surface area contributed by atoms with Gasteiger partial charge in [-0.2, -0.15) is 0 Å². The van der Waals surface area contributed by atoms with Gasteiger partial charge in [-0.15, -0.1) is 0 Å². The Morgan fingerprint density at radius 2 is 1.29 bits per heavy atom. The van der Waals surface area contributed by atoms with Crippen molar-refractivity contribution in [3.8, 4) is 0 Å². The molecule has 8 rings (SSSR count). The summed E-state index contributed by atoms with van der Waals surface area (Å²) in [7, 11) is 0. The van der Waals surface area contributed by atoms with E-state index in [1.165, 1.54) is 12.5 Å². The van der Waals surface area contributed by atoms with Crippen LogP contribution in [0.3, 0.4) is 0 Å². The van der Waals surface area contributed by atoms with Crippen molar-refractivity contribution in [3.05, 3.63) is 11.6 Å². The lowest BCUT2D eigenvalue weighted by Gasteiger charge is -2.71. The highest BCUT2D eigenvalue weighted by Crippen LogP contribution is 2.76. The molecule has 376 valence electrons. The summed E-state index contributed by atoms with van der Waals surface area (Å²) in [6.45, 7) is 16.4. The first kappa shape index (κ1) is 50.5. The Morgan fingerprint density at radius 1 is 0.667 bits per heavy atom. The number of carboxylic acid groups (broad SMARTS) is 2. The summed E-state index contributed by atoms with van der Waals surface area (Å²) >= 11 is 0. The Morgan fingerprint density at radius 3 is 1.92 bits per heavy atom. The second kappa shape index (κ2) is 17.5. The number of hydrogen-bond acceptors (Lipinski definition) is 16. The largest absolute Gasteiger partial charge is 0.481 e. The van der Waals surface area contributed by atoms with Crippen molar-refractivity contribution >= 4 is 11.9 Å². The van der Waals surface area contributed by atoms with Gasteiger partial charge in [0.1, 0.15) is 61.0 Å². The molecule has 0 spiro atoms. The first-order valence-electron chi connectivity index (χ1n) is 24.2. The Bertz CT molecular complexity index is 1860. The molecule has 24 atom stereocenters. The molecule has 66 heavy (non-hydrogen) atoms. The Hall–Kier alpha value is -1.88. The van der Waals surface area contributed by atoms with Gasteiger partial charge in [0.25, 0.3) is 0 Å². The summed E-state index contributed by atoms with van der Waals surface area (Å²) < 4.78 is 36.3. The number of hydrogen-bond donors (Lipinski definition) is 10. The molecule has 0 radical (unpaired) electrons. The minimum absolute atomic E-state index is 0.0612. The number of fused-ring (bicyclic) bond motifs is 7. The molecule has 3 heterocycles. The van der Waals surface area contributed by atoms with Crippen LogP contribution >= 0.6 is 0 Å². The smallest absolute Gasteiger partial charge is 0.335 e. The molecule has 10 N–H and O–H groups in total. The third-order valence-corrected chi connectivity index (χ3v) is 19.6. The molecule has 3 aliphatic heterocycles. The van der Waals surface area contributed by atoms with Crippen molar-refractivity contribution < 1.29 is 89.1 Å². The molecule has 3 saturated heterocycles. The van der Waals surface area contributed by atoms with E-state index in [2.05, 4.69) is 47.6 Å². The standard InChI is InChI=1S/C48H76O18/c1-21-28(50)30(52)34(56)39(61-21)65-36-31(53)29(51)24(20-49)62-40(36)66-37-33(55)32(54)35(38(57)58)64-41(37)63-27-12-13-46(6)25(43(27,2)3)11-14-48(8)26(46)10-9-22-23-19-45(5,42(59)60)16-15-44(23,4)17-18-47(22,48)7/h9,21,23-37,39-41,49-56H,10-20H2,1-8H3,(H,57,58)(H,59,60)/t21-,23-,24+,25-,26+,27-,28-,29-,30+,31-,32-,33-,34+,35-,36+,37+,39-,40-,41+,44+,45-,46-,47+,48+/m0/s1. The fourth-order valence-corrected chi connectivity index (χ4v) is 15.0. The SMILES string of the molecule is C[C@@H]1O[C@@H](O[C@H]2[C@H](O[C@H]3[C@H](O[C@H]4CC[C@]5(C)[C@H]6CC=C7[C@@H]8C[C@@](C)(C(=O)O)CC[C@]8(C)CC[C@@]7(C)[C@]6(C)CC[C@H]5C4(C)C)O[C@H](C(=O)O)[C@@H](O)[C@@H]3O)O[C@H](CO)[C@H](O)[C@@H]2O)[C@H](O)[C@H](O)[C@H]1O. The zero-order valence-corrected chi connectivity index (χ0v) is 39.6. The van der Waals surface area contributed by atoms with Crippen LogP contribution < -0.4 is 0 Å². The van der Waals surface area contributed by atoms with Gasteiger partial charge in [-0.3, -0.25) is 4.79 Å². The molecule has 0 aromatic carbocycles. The van der Waals surface area contributed by atoms with Crippen molar-refractivity contribution in [2.24, 2.45) is 50.2 Å². The lowest BCUT2D eigenvalue weighted by molar-refractivity contribution is -0.395. The van der Waals surface area contributed by atoms with Crippen LogP contribution in [0.1, 0.15) is 120 Å². The fourth-order valence-electron chi connectivity index (χ4n) is 15.0. The number of aliphatic hydroxyl groups excluding tert-OH is 8. The summed E-state index contributed by atoms with van der Waals surface area (Å²) in [5.74, 6) is -1.67. The molecule has 0 aromatic heterocycles. The number of aliphatic carboxylic acids is 2. The molecule has 0 unspecified atom stereocenters. The van der Waals surface area contributed by atoms with Gasteiger partial charge in [0.2, 0.25) is 0 Å². The first-order valence-corrected chi connectivity index (χ1v) is 24.2. The Kier molecular flexibility index (Phi) is 13.4. The van der Waals surface area contributed by atoms with Gasteiger partial charge in [-0.05, 0) is 123 Å². The fraction of sp³-hybridized carbons (Fsp3) is 0.917. The van der Waals surface area contributed by atoms with E-state index in [1.54, 1.807) is 0 Å². The number of rotatable bonds is 9. The molecule has 8 aliphatic rings. The van der Waals surface area contributed by atoms with E-state index in [9.17, 15) is 60.7 Å². The van der Waals surface area contributed by atoms with Crippen molar-refractivity contribution in [2.75, 3.05) is 6.61 Å². The summed E-state index contributed by atoms with van der Waals surface area (Å²) in [6.07, 6.45) is -15.6. The molecule has 0 bridgehead atoms. The summed E-state index contributed by atoms with van der Waals surface area (Å²) in [4.78, 5) is 25.0. The lowest BCUT2D eigenvalue weighted by atomic mass is 9.33. The van der Waals surface area contributed by atoms with E-state index >= 15 is 0 Å². The van der Waals surface area contributed by atoms with Crippen LogP contribution in [0.2, 0.25) is 0 Å². The van der Waals surface area contributed by atoms with Crippen LogP contribution in [0.5, 0.6) is 0 Å². The molecule has 4 saturated carbocycles. The van der Waals surface area contributed by atoms with Crippen LogP contribution in [0.25, 0.3) is 0 Å².